The van der Waals surface area contributed by atoms with E-state index >= 15 is 0 Å². The topological polar surface area (TPSA) is 29.1 Å². The largest absolute Gasteiger partial charge is 0.310 e. The molecule has 2 heteroatoms. The van der Waals surface area contributed by atoms with Gasteiger partial charge in [-0.15, -0.1) is 0 Å². The Morgan fingerprint density at radius 3 is 2.44 bits per heavy atom. The molecule has 2 rings (SSSR count). The Hall–Kier alpha value is -1.15. The number of likely N-dealkylation sites (N-methyl/N-ethyl adjacent to an activating group) is 1. The first kappa shape index (κ1) is 13.3. The summed E-state index contributed by atoms with van der Waals surface area (Å²) in [5.41, 5.74) is 2.24. The highest BCUT2D eigenvalue weighted by Crippen LogP contribution is 2.32. The van der Waals surface area contributed by atoms with Gasteiger partial charge >= 0.3 is 0 Å². The van der Waals surface area contributed by atoms with Crippen molar-refractivity contribution >= 4 is 5.78 Å². The Bertz CT molecular complexity index is 377. The van der Waals surface area contributed by atoms with E-state index in [-0.39, 0.29) is 5.78 Å². The fourth-order valence-corrected chi connectivity index (χ4v) is 2.72. The molecule has 0 radical (unpaired) electrons. The molecule has 1 aliphatic carbocycles. The van der Waals surface area contributed by atoms with E-state index < -0.39 is 0 Å². The van der Waals surface area contributed by atoms with Crippen molar-refractivity contribution in [3.8, 4) is 0 Å². The second kappa shape index (κ2) is 6.69. The molecule has 0 spiro atoms. The maximum Gasteiger partial charge on any atom is 0.176 e. The van der Waals surface area contributed by atoms with Crippen LogP contribution in [0.3, 0.4) is 0 Å². The van der Waals surface area contributed by atoms with Gasteiger partial charge in [0, 0.05) is 5.56 Å². The number of carbonyl (C=O) groups is 1. The number of benzene rings is 1. The smallest absolute Gasteiger partial charge is 0.176 e. The van der Waals surface area contributed by atoms with Crippen LogP contribution in [-0.4, -0.2) is 18.9 Å². The van der Waals surface area contributed by atoms with Crippen LogP contribution in [0.5, 0.6) is 0 Å². The quantitative estimate of drug-likeness (QED) is 0.804. The van der Waals surface area contributed by atoms with Crippen molar-refractivity contribution in [1.82, 2.24) is 5.32 Å². The molecule has 0 atom stereocenters. The van der Waals surface area contributed by atoms with Crippen LogP contribution in [0.2, 0.25) is 0 Å². The SMILES string of the molecule is CCNCC(=O)c1ccc(C2CCCCC2)cc1. The van der Waals surface area contributed by atoms with E-state index in [1.54, 1.807) is 0 Å². The molecule has 0 aromatic heterocycles. The number of Topliss-reactive ketones (excluding diaryl/α,β-unsaturated/α-hetero) is 1. The average molecular weight is 245 g/mol. The normalized spacial score (nSPS) is 16.7. The van der Waals surface area contributed by atoms with Gasteiger partial charge in [0.1, 0.15) is 0 Å². The first-order valence-corrected chi connectivity index (χ1v) is 7.15. The van der Waals surface area contributed by atoms with Gasteiger partial charge in [0.15, 0.2) is 5.78 Å². The van der Waals surface area contributed by atoms with E-state index in [0.29, 0.717) is 6.54 Å². The Balaban J connectivity index is 1.98. The molecule has 0 amide bonds. The van der Waals surface area contributed by atoms with Crippen molar-refractivity contribution in [2.24, 2.45) is 0 Å². The molecule has 1 saturated carbocycles. The molecule has 1 N–H and O–H groups in total. The molecule has 1 fully saturated rings. The number of rotatable bonds is 5. The predicted octanol–water partition coefficient (Wildman–Crippen LogP) is 3.53. The van der Waals surface area contributed by atoms with Crippen LogP contribution in [0, 0.1) is 0 Å². The molecule has 1 aromatic rings. The standard InChI is InChI=1S/C16H23NO/c1-2-17-12-16(18)15-10-8-14(9-11-15)13-6-4-3-5-7-13/h8-11,13,17H,2-7,12H2,1H3. The van der Waals surface area contributed by atoms with Crippen molar-refractivity contribution < 1.29 is 4.79 Å². The second-order valence-corrected chi connectivity index (χ2v) is 5.16. The van der Waals surface area contributed by atoms with Crippen LogP contribution >= 0.6 is 0 Å². The maximum atomic E-state index is 11.8. The first-order chi connectivity index (χ1) is 8.81. The molecule has 2 nitrogen and oxygen atoms in total. The zero-order chi connectivity index (χ0) is 12.8. The van der Waals surface area contributed by atoms with Crippen LogP contribution in [0.4, 0.5) is 0 Å². The average Bonchev–Trinajstić information content (AvgIpc) is 2.46. The van der Waals surface area contributed by atoms with E-state index in [9.17, 15) is 4.79 Å². The van der Waals surface area contributed by atoms with Crippen molar-refractivity contribution in [2.45, 2.75) is 44.9 Å². The molecule has 18 heavy (non-hydrogen) atoms. The highest BCUT2D eigenvalue weighted by Gasteiger charge is 2.15. The maximum absolute atomic E-state index is 11.8. The molecular weight excluding hydrogens is 222 g/mol. The van der Waals surface area contributed by atoms with Crippen LogP contribution in [0.1, 0.15) is 60.9 Å². The van der Waals surface area contributed by atoms with Gasteiger partial charge in [-0.3, -0.25) is 4.79 Å². The molecule has 0 saturated heterocycles. The Labute approximate surface area is 110 Å². The molecule has 0 heterocycles. The minimum atomic E-state index is 0.187. The number of ketones is 1. The third-order valence-corrected chi connectivity index (χ3v) is 3.84. The molecule has 0 aliphatic heterocycles. The molecule has 1 aromatic carbocycles. The summed E-state index contributed by atoms with van der Waals surface area (Å²) in [6, 6.07) is 8.28. The summed E-state index contributed by atoms with van der Waals surface area (Å²) in [5.74, 6) is 0.906. The van der Waals surface area contributed by atoms with Gasteiger partial charge in [-0.05, 0) is 30.9 Å². The van der Waals surface area contributed by atoms with E-state index in [4.69, 9.17) is 0 Å². The fourth-order valence-electron chi connectivity index (χ4n) is 2.72. The first-order valence-electron chi connectivity index (χ1n) is 7.15. The van der Waals surface area contributed by atoms with E-state index in [2.05, 4.69) is 17.4 Å². The lowest BCUT2D eigenvalue weighted by atomic mass is 9.84. The molecule has 0 bridgehead atoms. The van der Waals surface area contributed by atoms with Crippen molar-refractivity contribution in [1.29, 1.82) is 0 Å². The van der Waals surface area contributed by atoms with Crippen molar-refractivity contribution in [3.05, 3.63) is 35.4 Å². The van der Waals surface area contributed by atoms with Gasteiger partial charge in [0.05, 0.1) is 6.54 Å². The van der Waals surface area contributed by atoms with E-state index in [1.165, 1.54) is 37.7 Å². The fraction of sp³-hybridized carbons (Fsp3) is 0.562. The molecule has 0 unspecified atom stereocenters. The summed E-state index contributed by atoms with van der Waals surface area (Å²) in [7, 11) is 0. The lowest BCUT2D eigenvalue weighted by molar-refractivity contribution is 0.0991. The Kier molecular flexibility index (Phi) is 4.94. The number of hydrogen-bond acceptors (Lipinski definition) is 2. The zero-order valence-corrected chi connectivity index (χ0v) is 11.2. The van der Waals surface area contributed by atoms with E-state index in [1.807, 2.05) is 19.1 Å². The van der Waals surface area contributed by atoms with Crippen molar-refractivity contribution in [2.75, 3.05) is 13.1 Å². The van der Waals surface area contributed by atoms with Gasteiger partial charge in [0.2, 0.25) is 0 Å². The van der Waals surface area contributed by atoms with Crippen molar-refractivity contribution in [3.63, 3.8) is 0 Å². The van der Waals surface area contributed by atoms with Gasteiger partial charge in [-0.1, -0.05) is 50.5 Å². The number of nitrogens with one attached hydrogen (secondary N) is 1. The highest BCUT2D eigenvalue weighted by atomic mass is 16.1. The predicted molar refractivity (Wildman–Crippen MR) is 75.1 cm³/mol. The summed E-state index contributed by atoms with van der Waals surface area (Å²) in [6.07, 6.45) is 6.71. The minimum absolute atomic E-state index is 0.187. The van der Waals surface area contributed by atoms with Gasteiger partial charge in [-0.25, -0.2) is 0 Å². The van der Waals surface area contributed by atoms with E-state index in [0.717, 1.165) is 18.0 Å². The molecular formula is C16H23NO. The minimum Gasteiger partial charge on any atom is -0.310 e. The summed E-state index contributed by atoms with van der Waals surface area (Å²) in [4.78, 5) is 11.8. The third kappa shape index (κ3) is 3.42. The summed E-state index contributed by atoms with van der Waals surface area (Å²) >= 11 is 0. The monoisotopic (exact) mass is 245 g/mol. The van der Waals surface area contributed by atoms with Crippen LogP contribution in [-0.2, 0) is 0 Å². The summed E-state index contributed by atoms with van der Waals surface area (Å²) < 4.78 is 0. The van der Waals surface area contributed by atoms with Crippen LogP contribution < -0.4 is 5.32 Å². The third-order valence-electron chi connectivity index (χ3n) is 3.84. The summed E-state index contributed by atoms with van der Waals surface area (Å²) in [6.45, 7) is 3.30. The summed E-state index contributed by atoms with van der Waals surface area (Å²) in [5, 5.41) is 3.07. The Morgan fingerprint density at radius 1 is 1.17 bits per heavy atom. The molecule has 98 valence electrons. The zero-order valence-electron chi connectivity index (χ0n) is 11.2. The lowest BCUT2D eigenvalue weighted by Gasteiger charge is -2.22. The highest BCUT2D eigenvalue weighted by molar-refractivity contribution is 5.97. The number of hydrogen-bond donors (Lipinski definition) is 1. The number of carbonyl (C=O) groups excluding carboxylic acids is 1. The lowest BCUT2D eigenvalue weighted by Crippen LogP contribution is -2.22. The van der Waals surface area contributed by atoms with Crippen LogP contribution in [0.15, 0.2) is 24.3 Å². The molecule has 1 aliphatic rings. The van der Waals surface area contributed by atoms with Gasteiger partial charge < -0.3 is 5.32 Å². The van der Waals surface area contributed by atoms with Gasteiger partial charge in [-0.2, -0.15) is 0 Å². The second-order valence-electron chi connectivity index (χ2n) is 5.16. The van der Waals surface area contributed by atoms with Gasteiger partial charge in [0.25, 0.3) is 0 Å². The Morgan fingerprint density at radius 2 is 1.83 bits per heavy atom. The van der Waals surface area contributed by atoms with Crippen LogP contribution in [0.25, 0.3) is 0 Å².